The molecule has 2 amide bonds. The van der Waals surface area contributed by atoms with E-state index in [0.717, 1.165) is 11.1 Å². The SMILES string of the molecule is CCOc1ccccc1-c1cc(C(=O)N/N=C(\C)c2cccc(NC(=O)c3ccc(Br)o3)c2)c2ccccc2n1. The van der Waals surface area contributed by atoms with Crippen molar-refractivity contribution in [2.24, 2.45) is 5.10 Å². The highest BCUT2D eigenvalue weighted by atomic mass is 79.9. The third-order valence-corrected chi connectivity index (χ3v) is 6.51. The lowest BCUT2D eigenvalue weighted by Crippen LogP contribution is -2.20. The third kappa shape index (κ3) is 5.94. The summed E-state index contributed by atoms with van der Waals surface area (Å²) in [5.74, 6) is 0.125. The highest BCUT2D eigenvalue weighted by Gasteiger charge is 2.16. The minimum atomic E-state index is -0.378. The number of carbonyl (C=O) groups excluding carboxylic acids is 2. The number of furan rings is 1. The highest BCUT2D eigenvalue weighted by molar-refractivity contribution is 9.10. The van der Waals surface area contributed by atoms with Gasteiger partial charge in [-0.15, -0.1) is 0 Å². The lowest BCUT2D eigenvalue weighted by atomic mass is 10.0. The van der Waals surface area contributed by atoms with Gasteiger partial charge in [-0.3, -0.25) is 9.59 Å². The Morgan fingerprint density at radius 3 is 2.55 bits per heavy atom. The van der Waals surface area contributed by atoms with Gasteiger partial charge in [0.15, 0.2) is 10.4 Å². The molecular formula is C31H25BrN4O4. The predicted molar refractivity (Wildman–Crippen MR) is 159 cm³/mol. The predicted octanol–water partition coefficient (Wildman–Crippen LogP) is 7.06. The molecule has 0 spiro atoms. The maximum absolute atomic E-state index is 13.4. The van der Waals surface area contributed by atoms with Gasteiger partial charge in [0.05, 0.1) is 29.1 Å². The monoisotopic (exact) mass is 596 g/mol. The number of anilines is 1. The molecule has 0 unspecified atom stereocenters. The summed E-state index contributed by atoms with van der Waals surface area (Å²) in [6.45, 7) is 4.21. The van der Waals surface area contributed by atoms with Crippen LogP contribution in [0.5, 0.6) is 5.75 Å². The molecule has 0 aliphatic rings. The molecule has 5 rings (SSSR count). The van der Waals surface area contributed by atoms with Crippen LogP contribution in [0.3, 0.4) is 0 Å². The van der Waals surface area contributed by atoms with Gasteiger partial charge in [-0.05, 0) is 83.9 Å². The van der Waals surface area contributed by atoms with E-state index in [9.17, 15) is 9.59 Å². The third-order valence-electron chi connectivity index (χ3n) is 6.08. The standard InChI is InChI=1S/C31H25BrN4O4/c1-3-39-27-14-7-5-12-23(27)26-18-24(22-11-4-6-13-25(22)34-26)30(37)36-35-19(2)20-9-8-10-21(17-20)33-31(38)28-15-16-29(32)40-28/h4-18H,3H2,1-2H3,(H,33,38)(H,36,37)/b35-19+. The molecule has 2 heterocycles. The van der Waals surface area contributed by atoms with E-state index in [1.165, 1.54) is 0 Å². The van der Waals surface area contributed by atoms with Crippen molar-refractivity contribution in [2.75, 3.05) is 11.9 Å². The van der Waals surface area contributed by atoms with Crippen LogP contribution >= 0.6 is 15.9 Å². The van der Waals surface area contributed by atoms with Crippen LogP contribution in [0, 0.1) is 0 Å². The van der Waals surface area contributed by atoms with Gasteiger partial charge in [-0.25, -0.2) is 10.4 Å². The van der Waals surface area contributed by atoms with E-state index >= 15 is 0 Å². The van der Waals surface area contributed by atoms with E-state index in [-0.39, 0.29) is 17.6 Å². The second-order valence-electron chi connectivity index (χ2n) is 8.78. The Labute approximate surface area is 239 Å². The zero-order valence-corrected chi connectivity index (χ0v) is 23.4. The van der Waals surface area contributed by atoms with Gasteiger partial charge in [-0.1, -0.05) is 42.5 Å². The fourth-order valence-electron chi connectivity index (χ4n) is 4.17. The largest absolute Gasteiger partial charge is 0.493 e. The number of carbonyl (C=O) groups is 2. The van der Waals surface area contributed by atoms with Crippen molar-refractivity contribution in [1.29, 1.82) is 0 Å². The average molecular weight is 597 g/mol. The molecule has 40 heavy (non-hydrogen) atoms. The maximum atomic E-state index is 13.4. The summed E-state index contributed by atoms with van der Waals surface area (Å²) in [6.07, 6.45) is 0. The molecule has 0 bridgehead atoms. The second-order valence-corrected chi connectivity index (χ2v) is 9.56. The van der Waals surface area contributed by atoms with Gasteiger partial charge in [0.25, 0.3) is 11.8 Å². The van der Waals surface area contributed by atoms with E-state index in [4.69, 9.17) is 14.1 Å². The summed E-state index contributed by atoms with van der Waals surface area (Å²) in [4.78, 5) is 30.7. The molecule has 0 aliphatic carbocycles. The molecular weight excluding hydrogens is 572 g/mol. The maximum Gasteiger partial charge on any atom is 0.291 e. The first-order valence-corrected chi connectivity index (χ1v) is 13.4. The zero-order valence-electron chi connectivity index (χ0n) is 21.8. The molecule has 2 aromatic heterocycles. The number of ether oxygens (including phenoxy) is 1. The second kappa shape index (κ2) is 12.0. The lowest BCUT2D eigenvalue weighted by molar-refractivity contribution is 0.0955. The molecule has 0 fully saturated rings. The van der Waals surface area contributed by atoms with Gasteiger partial charge in [-0.2, -0.15) is 5.10 Å². The van der Waals surface area contributed by atoms with E-state index < -0.39 is 0 Å². The number of hydrogen-bond donors (Lipinski definition) is 2. The van der Waals surface area contributed by atoms with Gasteiger partial charge in [0.1, 0.15) is 5.75 Å². The summed E-state index contributed by atoms with van der Waals surface area (Å²) in [7, 11) is 0. The van der Waals surface area contributed by atoms with Gasteiger partial charge < -0.3 is 14.5 Å². The molecule has 0 saturated carbocycles. The average Bonchev–Trinajstić information content (AvgIpc) is 3.42. The van der Waals surface area contributed by atoms with Crippen molar-refractivity contribution >= 4 is 50.0 Å². The normalized spacial score (nSPS) is 11.3. The van der Waals surface area contributed by atoms with Crippen LogP contribution in [-0.2, 0) is 0 Å². The number of hydrogen-bond acceptors (Lipinski definition) is 6. The van der Waals surface area contributed by atoms with Crippen molar-refractivity contribution < 1.29 is 18.7 Å². The molecule has 200 valence electrons. The van der Waals surface area contributed by atoms with Gasteiger partial charge in [0.2, 0.25) is 0 Å². The Morgan fingerprint density at radius 2 is 1.75 bits per heavy atom. The van der Waals surface area contributed by atoms with E-state index in [1.54, 1.807) is 43.3 Å². The Bertz CT molecular complexity index is 1740. The summed E-state index contributed by atoms with van der Waals surface area (Å²) < 4.78 is 11.6. The molecule has 0 aliphatic heterocycles. The fourth-order valence-corrected chi connectivity index (χ4v) is 4.48. The van der Waals surface area contributed by atoms with E-state index in [2.05, 4.69) is 31.8 Å². The molecule has 2 N–H and O–H groups in total. The molecule has 5 aromatic rings. The molecule has 0 saturated heterocycles. The molecule has 9 heteroatoms. The van der Waals surface area contributed by atoms with Crippen LogP contribution in [-0.4, -0.2) is 29.1 Å². The Balaban J connectivity index is 1.40. The minimum absolute atomic E-state index is 0.183. The van der Waals surface area contributed by atoms with Crippen LogP contribution in [0.4, 0.5) is 5.69 Å². The summed E-state index contributed by atoms with van der Waals surface area (Å²) in [5, 5.41) is 7.85. The first kappa shape index (κ1) is 26.8. The molecule has 0 radical (unpaired) electrons. The number of pyridine rings is 1. The topological polar surface area (TPSA) is 106 Å². The smallest absolute Gasteiger partial charge is 0.291 e. The molecule has 0 atom stereocenters. The first-order chi connectivity index (χ1) is 19.4. The van der Waals surface area contributed by atoms with Gasteiger partial charge >= 0.3 is 0 Å². The summed E-state index contributed by atoms with van der Waals surface area (Å²) in [6, 6.07) is 27.2. The van der Waals surface area contributed by atoms with Crippen LogP contribution < -0.4 is 15.5 Å². The zero-order chi connectivity index (χ0) is 28.1. The minimum Gasteiger partial charge on any atom is -0.493 e. The summed E-state index contributed by atoms with van der Waals surface area (Å²) >= 11 is 3.19. The number of rotatable bonds is 8. The Kier molecular flexibility index (Phi) is 8.02. The van der Waals surface area contributed by atoms with Crippen LogP contribution in [0.25, 0.3) is 22.2 Å². The number of fused-ring (bicyclic) bond motifs is 1. The highest BCUT2D eigenvalue weighted by Crippen LogP contribution is 2.31. The Hall–Kier alpha value is -4.76. The number of amides is 2. The Morgan fingerprint density at radius 1 is 0.950 bits per heavy atom. The van der Waals surface area contributed by atoms with E-state index in [0.29, 0.717) is 50.6 Å². The van der Waals surface area contributed by atoms with Crippen molar-refractivity contribution in [1.82, 2.24) is 10.4 Å². The first-order valence-electron chi connectivity index (χ1n) is 12.6. The number of para-hydroxylation sites is 2. The number of nitrogens with zero attached hydrogens (tertiary/aromatic N) is 2. The number of hydrazone groups is 1. The fraction of sp³-hybridized carbons (Fsp3) is 0.0968. The number of nitrogens with one attached hydrogen (secondary N) is 2. The van der Waals surface area contributed by atoms with Crippen LogP contribution in [0.1, 0.15) is 40.3 Å². The molecule has 8 nitrogen and oxygen atoms in total. The molecule has 3 aromatic carbocycles. The van der Waals surface area contributed by atoms with Crippen molar-refractivity contribution in [3.63, 3.8) is 0 Å². The van der Waals surface area contributed by atoms with Crippen LogP contribution in [0.2, 0.25) is 0 Å². The van der Waals surface area contributed by atoms with Crippen LogP contribution in [0.15, 0.2) is 105 Å². The lowest BCUT2D eigenvalue weighted by Gasteiger charge is -2.12. The van der Waals surface area contributed by atoms with E-state index in [1.807, 2.05) is 61.5 Å². The summed E-state index contributed by atoms with van der Waals surface area (Å²) in [5.41, 5.74) is 7.07. The number of aromatic nitrogens is 1. The van der Waals surface area contributed by atoms with Crippen molar-refractivity contribution in [3.8, 4) is 17.0 Å². The van der Waals surface area contributed by atoms with Crippen molar-refractivity contribution in [3.05, 3.63) is 113 Å². The quantitative estimate of drug-likeness (QED) is 0.147. The number of halogens is 1. The number of benzene rings is 3. The van der Waals surface area contributed by atoms with Crippen molar-refractivity contribution in [2.45, 2.75) is 13.8 Å². The van der Waals surface area contributed by atoms with Gasteiger partial charge in [0, 0.05) is 16.6 Å².